The number of rotatable bonds is 10. The van der Waals surface area contributed by atoms with Crippen LogP contribution < -0.4 is 5.32 Å². The summed E-state index contributed by atoms with van der Waals surface area (Å²) in [6, 6.07) is 9.12. The maximum absolute atomic E-state index is 14.0. The number of aliphatic hydroxyl groups excluding tert-OH is 1. The van der Waals surface area contributed by atoms with E-state index in [9.17, 15) is 19.5 Å². The van der Waals surface area contributed by atoms with E-state index >= 15 is 0 Å². The number of hydrogen-bond acceptors (Lipinski definition) is 7. The number of hydrogen-bond donors (Lipinski definition) is 2. The molecular formula is C38H56N6O5. The summed E-state index contributed by atoms with van der Waals surface area (Å²) in [6.45, 7) is 10.5. The molecule has 3 amide bonds. The Bertz CT molecular complexity index is 1440. The van der Waals surface area contributed by atoms with E-state index in [2.05, 4.69) is 35.7 Å². The van der Waals surface area contributed by atoms with Crippen LogP contribution in [-0.2, 0) is 27.5 Å². The molecule has 11 heteroatoms. The molecule has 0 radical (unpaired) electrons. The second-order valence-electron chi connectivity index (χ2n) is 14.8. The zero-order valence-electron chi connectivity index (χ0n) is 29.7. The molecule has 2 unspecified atom stereocenters. The van der Waals surface area contributed by atoms with Crippen molar-refractivity contribution in [2.24, 2.45) is 5.92 Å². The van der Waals surface area contributed by atoms with Gasteiger partial charge in [-0.25, -0.2) is 4.79 Å². The van der Waals surface area contributed by atoms with E-state index in [-0.39, 0.29) is 36.5 Å². The predicted octanol–water partition coefficient (Wildman–Crippen LogP) is 4.88. The van der Waals surface area contributed by atoms with Crippen molar-refractivity contribution in [3.63, 3.8) is 0 Å². The quantitative estimate of drug-likeness (QED) is 0.368. The van der Waals surface area contributed by atoms with E-state index in [1.165, 1.54) is 12.0 Å². The smallest absolute Gasteiger partial charge is 0.410 e. The molecule has 1 aromatic carbocycles. The van der Waals surface area contributed by atoms with Gasteiger partial charge in [0.15, 0.2) is 0 Å². The predicted molar refractivity (Wildman–Crippen MR) is 187 cm³/mol. The Hall–Kier alpha value is -3.44. The van der Waals surface area contributed by atoms with E-state index in [0.717, 1.165) is 74.9 Å². The van der Waals surface area contributed by atoms with E-state index in [1.54, 1.807) is 4.90 Å². The van der Waals surface area contributed by atoms with Crippen molar-refractivity contribution in [3.8, 4) is 0 Å². The first-order valence-electron chi connectivity index (χ1n) is 18.7. The number of ether oxygens (including phenoxy) is 1. The Morgan fingerprint density at radius 1 is 1.02 bits per heavy atom. The van der Waals surface area contributed by atoms with Crippen LogP contribution in [0.25, 0.3) is 0 Å². The topological polar surface area (TPSA) is 120 Å². The molecule has 2 atom stereocenters. The standard InChI is InChI=1S/C38H56N6O5/c1-4-5-20-43-35(46)33(34(45)30-14-10-7-11-15-30)39-36(47)38(43)18-23-41(24-19-38)25-32-27(2)40-44(28(32)3)31-16-21-42(22-17-31)37(48)49-26-29-12-8-6-9-13-29/h6,8-9,12-13,30-31,33-34,45H,4-5,7,10-11,14-26H2,1-3H3,(H,39,47). The van der Waals surface area contributed by atoms with Gasteiger partial charge in [-0.3, -0.25) is 19.2 Å². The van der Waals surface area contributed by atoms with E-state index in [4.69, 9.17) is 9.84 Å². The van der Waals surface area contributed by atoms with Crippen molar-refractivity contribution >= 4 is 17.9 Å². The third-order valence-corrected chi connectivity index (χ3v) is 11.8. The van der Waals surface area contributed by atoms with Crippen LogP contribution in [0.5, 0.6) is 0 Å². The summed E-state index contributed by atoms with van der Waals surface area (Å²) in [5.74, 6) is -0.144. The highest BCUT2D eigenvalue weighted by molar-refractivity contribution is 6.00. The van der Waals surface area contributed by atoms with Crippen LogP contribution >= 0.6 is 0 Å². The molecule has 1 aromatic heterocycles. The lowest BCUT2D eigenvalue weighted by Gasteiger charge is -2.52. The summed E-state index contributed by atoms with van der Waals surface area (Å²) >= 11 is 0. The summed E-state index contributed by atoms with van der Waals surface area (Å²) in [6.07, 6.45) is 8.59. The van der Waals surface area contributed by atoms with Crippen LogP contribution in [0, 0.1) is 19.8 Å². The maximum Gasteiger partial charge on any atom is 0.410 e. The molecule has 2 aromatic rings. The molecule has 1 saturated carbocycles. The minimum atomic E-state index is -0.865. The molecule has 11 nitrogen and oxygen atoms in total. The van der Waals surface area contributed by atoms with Gasteiger partial charge in [-0.15, -0.1) is 0 Å². The molecule has 4 heterocycles. The zero-order chi connectivity index (χ0) is 34.5. The lowest BCUT2D eigenvalue weighted by atomic mass is 9.78. The molecule has 1 spiro atoms. The first kappa shape index (κ1) is 35.4. The highest BCUT2D eigenvalue weighted by Crippen LogP contribution is 2.37. The first-order valence-corrected chi connectivity index (χ1v) is 18.7. The summed E-state index contributed by atoms with van der Waals surface area (Å²) in [5.41, 5.74) is 3.49. The minimum absolute atomic E-state index is 0.0632. The molecule has 4 aliphatic rings. The van der Waals surface area contributed by atoms with Crippen LogP contribution in [0.15, 0.2) is 30.3 Å². The fraction of sp³-hybridized carbons (Fsp3) is 0.684. The van der Waals surface area contributed by atoms with Crippen molar-refractivity contribution in [2.45, 2.75) is 128 Å². The molecule has 6 rings (SSSR count). The SMILES string of the molecule is CCCCN1C(=O)C(C(O)C2CCCCC2)NC(=O)C12CCN(Cc1c(C)nn(C3CCN(C(=O)OCc4ccccc4)CC3)c1C)CC2. The van der Waals surface area contributed by atoms with Crippen molar-refractivity contribution in [2.75, 3.05) is 32.7 Å². The highest BCUT2D eigenvalue weighted by atomic mass is 16.6. The summed E-state index contributed by atoms with van der Waals surface area (Å²) in [5, 5.41) is 19.3. The number of nitrogens with one attached hydrogen (secondary N) is 1. The monoisotopic (exact) mass is 676 g/mol. The normalized spacial score (nSPS) is 23.1. The number of piperazine rings is 1. The Kier molecular flexibility index (Phi) is 11.3. The lowest BCUT2D eigenvalue weighted by molar-refractivity contribution is -0.166. The van der Waals surface area contributed by atoms with Gasteiger partial charge in [0.25, 0.3) is 0 Å². The number of aromatic nitrogens is 2. The van der Waals surface area contributed by atoms with Crippen LogP contribution in [0.4, 0.5) is 4.79 Å². The molecule has 0 bridgehead atoms. The Morgan fingerprint density at radius 3 is 2.39 bits per heavy atom. The number of aryl methyl sites for hydroxylation is 1. The number of benzene rings is 1. The Balaban J connectivity index is 1.05. The average molecular weight is 677 g/mol. The van der Waals surface area contributed by atoms with Crippen molar-refractivity contribution in [3.05, 3.63) is 52.8 Å². The van der Waals surface area contributed by atoms with Gasteiger partial charge in [0, 0.05) is 50.5 Å². The fourth-order valence-electron chi connectivity index (χ4n) is 8.65. The fourth-order valence-corrected chi connectivity index (χ4v) is 8.65. The third kappa shape index (κ3) is 7.53. The summed E-state index contributed by atoms with van der Waals surface area (Å²) in [7, 11) is 0. The number of amides is 3. The number of likely N-dealkylation sites (tertiary alicyclic amines) is 2. The van der Waals surface area contributed by atoms with Gasteiger partial charge in [0.05, 0.1) is 17.8 Å². The largest absolute Gasteiger partial charge is 0.445 e. The number of aliphatic hydroxyl groups is 1. The van der Waals surface area contributed by atoms with Gasteiger partial charge in [-0.05, 0) is 70.3 Å². The number of carbonyl (C=O) groups excluding carboxylic acids is 3. The zero-order valence-corrected chi connectivity index (χ0v) is 29.7. The molecule has 3 saturated heterocycles. The van der Waals surface area contributed by atoms with Crippen LogP contribution in [0.1, 0.15) is 106 Å². The van der Waals surface area contributed by atoms with E-state index in [0.29, 0.717) is 45.6 Å². The highest BCUT2D eigenvalue weighted by Gasteiger charge is 2.55. The molecule has 4 fully saturated rings. The van der Waals surface area contributed by atoms with Crippen molar-refractivity contribution < 1.29 is 24.2 Å². The van der Waals surface area contributed by atoms with Gasteiger partial charge in [0.2, 0.25) is 11.8 Å². The third-order valence-electron chi connectivity index (χ3n) is 11.8. The minimum Gasteiger partial charge on any atom is -0.445 e. The van der Waals surface area contributed by atoms with Gasteiger partial charge < -0.3 is 25.0 Å². The van der Waals surface area contributed by atoms with Gasteiger partial charge in [-0.1, -0.05) is 62.9 Å². The maximum atomic E-state index is 14.0. The first-order chi connectivity index (χ1) is 23.7. The summed E-state index contributed by atoms with van der Waals surface area (Å²) < 4.78 is 7.71. The molecule has 1 aliphatic carbocycles. The van der Waals surface area contributed by atoms with Crippen molar-refractivity contribution in [1.29, 1.82) is 0 Å². The summed E-state index contributed by atoms with van der Waals surface area (Å²) in [4.78, 5) is 46.7. The van der Waals surface area contributed by atoms with Crippen LogP contribution in [0.3, 0.4) is 0 Å². The Morgan fingerprint density at radius 2 is 1.71 bits per heavy atom. The number of unbranched alkanes of at least 4 members (excludes halogenated alkanes) is 1. The molecular weight excluding hydrogens is 620 g/mol. The molecule has 49 heavy (non-hydrogen) atoms. The van der Waals surface area contributed by atoms with Gasteiger partial charge in [0.1, 0.15) is 18.2 Å². The molecule has 2 N–H and O–H groups in total. The number of piperidine rings is 2. The second kappa shape index (κ2) is 15.6. The molecule has 268 valence electrons. The number of carbonyl (C=O) groups is 3. The Labute approximate surface area is 291 Å². The second-order valence-corrected chi connectivity index (χ2v) is 14.8. The number of nitrogens with zero attached hydrogens (tertiary/aromatic N) is 5. The average Bonchev–Trinajstić information content (AvgIpc) is 3.42. The van der Waals surface area contributed by atoms with Crippen molar-refractivity contribution in [1.82, 2.24) is 29.8 Å². The van der Waals surface area contributed by atoms with Gasteiger partial charge in [-0.2, -0.15) is 5.10 Å². The van der Waals surface area contributed by atoms with Crippen LogP contribution in [-0.4, -0.2) is 97.9 Å². The van der Waals surface area contributed by atoms with E-state index < -0.39 is 17.7 Å². The van der Waals surface area contributed by atoms with Gasteiger partial charge >= 0.3 is 6.09 Å². The van der Waals surface area contributed by atoms with Crippen LogP contribution in [0.2, 0.25) is 0 Å². The molecule has 3 aliphatic heterocycles. The van der Waals surface area contributed by atoms with E-state index in [1.807, 2.05) is 35.2 Å². The lowest BCUT2D eigenvalue weighted by Crippen LogP contribution is -2.75.